The van der Waals surface area contributed by atoms with Crippen LogP contribution in [0, 0.1) is 0 Å². The van der Waals surface area contributed by atoms with Crippen LogP contribution in [0.5, 0.6) is 5.75 Å². The molecule has 0 aliphatic rings. The van der Waals surface area contributed by atoms with Gasteiger partial charge in [-0.25, -0.2) is 0 Å². The fraction of sp³-hybridized carbons (Fsp3) is 0.440. The highest BCUT2D eigenvalue weighted by molar-refractivity contribution is 5.82. The summed E-state index contributed by atoms with van der Waals surface area (Å²) >= 11 is 0. The first-order valence-corrected chi connectivity index (χ1v) is 10.6. The Morgan fingerprint density at radius 3 is 2.14 bits per heavy atom. The van der Waals surface area contributed by atoms with Crippen molar-refractivity contribution in [3.05, 3.63) is 59.7 Å². The number of aryl methyl sites for hydroxylation is 1. The Balaban J connectivity index is 1.74. The number of unbranched alkanes of at least 4 members (excludes halogenated alkanes) is 6. The van der Waals surface area contributed by atoms with Crippen LogP contribution in [-0.2, 0) is 11.2 Å². The van der Waals surface area contributed by atoms with E-state index in [4.69, 9.17) is 4.74 Å². The summed E-state index contributed by atoms with van der Waals surface area (Å²) in [7, 11) is 0. The average molecular weight is 380 g/mol. The number of rotatable bonds is 12. The van der Waals surface area contributed by atoms with E-state index >= 15 is 0 Å². The second-order valence-corrected chi connectivity index (χ2v) is 7.19. The fourth-order valence-corrected chi connectivity index (χ4v) is 3.01. The predicted molar refractivity (Wildman–Crippen MR) is 118 cm³/mol. The Labute approximate surface area is 169 Å². The molecule has 0 unspecified atom stereocenters. The third kappa shape index (κ3) is 8.51. The van der Waals surface area contributed by atoms with Gasteiger partial charge in [0.05, 0.1) is 5.69 Å². The van der Waals surface area contributed by atoms with E-state index in [2.05, 4.69) is 36.2 Å². The lowest BCUT2D eigenvalue weighted by Gasteiger charge is -2.03. The third-order valence-corrected chi connectivity index (χ3v) is 4.77. The molecule has 2 rings (SSSR count). The maximum atomic E-state index is 11.3. The van der Waals surface area contributed by atoms with Gasteiger partial charge in [-0.1, -0.05) is 76.6 Å². The highest BCUT2D eigenvalue weighted by atomic mass is 16.5. The normalized spacial score (nSPS) is 11.1. The van der Waals surface area contributed by atoms with Crippen molar-refractivity contribution >= 4 is 17.9 Å². The molecule has 0 saturated carbocycles. The van der Waals surface area contributed by atoms with Gasteiger partial charge in [0.2, 0.25) is 0 Å². The number of carbonyl (C=O) groups is 1. The maximum absolute atomic E-state index is 11.3. The van der Waals surface area contributed by atoms with Crippen molar-refractivity contribution in [2.45, 2.75) is 71.6 Å². The quantitative estimate of drug-likeness (QED) is 0.172. The zero-order valence-electron chi connectivity index (χ0n) is 17.3. The molecular formula is C25H33NO2. The Bertz CT molecular complexity index is 717. The molecule has 3 nitrogen and oxygen atoms in total. The SMILES string of the molecule is CCCCCCCCCc1ccc(C=Nc2ccc(OC(=O)CC)cc2)cc1. The van der Waals surface area contributed by atoms with Crippen LogP contribution in [0.1, 0.15) is 76.3 Å². The van der Waals surface area contributed by atoms with Crippen molar-refractivity contribution < 1.29 is 9.53 Å². The highest BCUT2D eigenvalue weighted by Crippen LogP contribution is 2.19. The van der Waals surface area contributed by atoms with Crippen LogP contribution in [0.25, 0.3) is 0 Å². The van der Waals surface area contributed by atoms with Gasteiger partial charge < -0.3 is 4.74 Å². The van der Waals surface area contributed by atoms with E-state index in [9.17, 15) is 4.79 Å². The first kappa shape index (κ1) is 21.9. The summed E-state index contributed by atoms with van der Waals surface area (Å²) in [5.41, 5.74) is 3.32. The number of carbonyl (C=O) groups excluding carboxylic acids is 1. The second-order valence-electron chi connectivity index (χ2n) is 7.19. The van der Waals surface area contributed by atoms with Gasteiger partial charge in [-0.2, -0.15) is 0 Å². The van der Waals surface area contributed by atoms with Crippen molar-refractivity contribution in [2.75, 3.05) is 0 Å². The van der Waals surface area contributed by atoms with Gasteiger partial charge in [-0.05, 0) is 48.2 Å². The molecule has 0 fully saturated rings. The highest BCUT2D eigenvalue weighted by Gasteiger charge is 2.01. The van der Waals surface area contributed by atoms with E-state index in [-0.39, 0.29) is 5.97 Å². The van der Waals surface area contributed by atoms with Crippen molar-refractivity contribution in [1.82, 2.24) is 0 Å². The Morgan fingerprint density at radius 1 is 0.857 bits per heavy atom. The Morgan fingerprint density at radius 2 is 1.50 bits per heavy atom. The average Bonchev–Trinajstić information content (AvgIpc) is 2.73. The van der Waals surface area contributed by atoms with Crippen LogP contribution < -0.4 is 4.74 Å². The molecule has 0 bridgehead atoms. The number of esters is 1. The first-order chi connectivity index (χ1) is 13.7. The molecule has 2 aromatic carbocycles. The minimum Gasteiger partial charge on any atom is -0.427 e. The predicted octanol–water partition coefficient (Wildman–Crippen LogP) is 7.05. The molecule has 0 radical (unpaired) electrons. The van der Waals surface area contributed by atoms with Gasteiger partial charge in [0, 0.05) is 12.6 Å². The van der Waals surface area contributed by atoms with E-state index in [0.717, 1.165) is 17.7 Å². The third-order valence-electron chi connectivity index (χ3n) is 4.77. The molecule has 0 aromatic heterocycles. The Kier molecular flexibility index (Phi) is 10.1. The molecule has 0 aliphatic carbocycles. The molecule has 3 heteroatoms. The van der Waals surface area contributed by atoms with Gasteiger partial charge >= 0.3 is 5.97 Å². The van der Waals surface area contributed by atoms with Gasteiger partial charge in [-0.3, -0.25) is 9.79 Å². The molecule has 0 amide bonds. The number of hydrogen-bond donors (Lipinski definition) is 0. The van der Waals surface area contributed by atoms with Gasteiger partial charge in [0.25, 0.3) is 0 Å². The molecule has 28 heavy (non-hydrogen) atoms. The minimum atomic E-state index is -0.229. The molecule has 2 aromatic rings. The second kappa shape index (κ2) is 12.9. The van der Waals surface area contributed by atoms with Crippen LogP contribution in [-0.4, -0.2) is 12.2 Å². The lowest BCUT2D eigenvalue weighted by Crippen LogP contribution is -2.04. The largest absolute Gasteiger partial charge is 0.427 e. The first-order valence-electron chi connectivity index (χ1n) is 10.6. The van der Waals surface area contributed by atoms with E-state index in [1.54, 1.807) is 19.1 Å². The van der Waals surface area contributed by atoms with Gasteiger partial charge in [-0.15, -0.1) is 0 Å². The lowest BCUT2D eigenvalue weighted by atomic mass is 10.0. The van der Waals surface area contributed by atoms with Crippen LogP contribution in [0.15, 0.2) is 53.5 Å². The number of aliphatic imine (C=N–C) groups is 1. The molecule has 0 spiro atoms. The molecule has 150 valence electrons. The summed E-state index contributed by atoms with van der Waals surface area (Å²) in [5, 5.41) is 0. The summed E-state index contributed by atoms with van der Waals surface area (Å²) < 4.78 is 5.17. The standard InChI is InChI=1S/C25H33NO2/c1-3-5-6-7-8-9-10-11-21-12-14-22(15-13-21)20-26-23-16-18-24(19-17-23)28-25(27)4-2/h12-20H,3-11H2,1-2H3. The van der Waals surface area contributed by atoms with E-state index in [0.29, 0.717) is 12.2 Å². The molecule has 0 atom stereocenters. The zero-order chi connectivity index (χ0) is 20.0. The summed E-state index contributed by atoms with van der Waals surface area (Å²) in [6, 6.07) is 15.9. The van der Waals surface area contributed by atoms with Crippen molar-refractivity contribution in [1.29, 1.82) is 0 Å². The van der Waals surface area contributed by atoms with Crippen molar-refractivity contribution in [3.63, 3.8) is 0 Å². The monoisotopic (exact) mass is 379 g/mol. The fourth-order valence-electron chi connectivity index (χ4n) is 3.01. The maximum Gasteiger partial charge on any atom is 0.310 e. The number of ether oxygens (including phenoxy) is 1. The minimum absolute atomic E-state index is 0.229. The number of hydrogen-bond acceptors (Lipinski definition) is 3. The van der Waals surface area contributed by atoms with E-state index < -0.39 is 0 Å². The van der Waals surface area contributed by atoms with Crippen LogP contribution >= 0.6 is 0 Å². The van der Waals surface area contributed by atoms with Crippen LogP contribution in [0.3, 0.4) is 0 Å². The number of nitrogens with zero attached hydrogens (tertiary/aromatic N) is 1. The molecule has 0 heterocycles. The molecule has 0 aliphatic heterocycles. The molecule has 0 N–H and O–H groups in total. The summed E-state index contributed by atoms with van der Waals surface area (Å²) in [5.74, 6) is 0.327. The summed E-state index contributed by atoms with van der Waals surface area (Å²) in [6.07, 6.45) is 12.8. The smallest absolute Gasteiger partial charge is 0.310 e. The van der Waals surface area contributed by atoms with Crippen LogP contribution in [0.4, 0.5) is 5.69 Å². The van der Waals surface area contributed by atoms with E-state index in [1.807, 2.05) is 18.3 Å². The number of benzene rings is 2. The molecular weight excluding hydrogens is 346 g/mol. The van der Waals surface area contributed by atoms with Gasteiger partial charge in [0.1, 0.15) is 5.75 Å². The lowest BCUT2D eigenvalue weighted by molar-refractivity contribution is -0.134. The van der Waals surface area contributed by atoms with Crippen LogP contribution in [0.2, 0.25) is 0 Å². The van der Waals surface area contributed by atoms with Gasteiger partial charge in [0.15, 0.2) is 0 Å². The van der Waals surface area contributed by atoms with E-state index in [1.165, 1.54) is 50.5 Å². The summed E-state index contributed by atoms with van der Waals surface area (Å²) in [6.45, 7) is 4.04. The van der Waals surface area contributed by atoms with Crippen molar-refractivity contribution in [3.8, 4) is 5.75 Å². The zero-order valence-corrected chi connectivity index (χ0v) is 17.3. The topological polar surface area (TPSA) is 38.7 Å². The summed E-state index contributed by atoms with van der Waals surface area (Å²) in [4.78, 5) is 15.8. The Hall–Kier alpha value is -2.42. The molecule has 0 saturated heterocycles. The van der Waals surface area contributed by atoms with Crippen molar-refractivity contribution in [2.24, 2.45) is 4.99 Å².